The van der Waals surface area contributed by atoms with Crippen LogP contribution in [0.5, 0.6) is 0 Å². The Hall–Kier alpha value is -0.570. The third-order valence-corrected chi connectivity index (χ3v) is 3.30. The van der Waals surface area contributed by atoms with Crippen LogP contribution in [-0.2, 0) is 6.54 Å². The lowest BCUT2D eigenvalue weighted by Crippen LogP contribution is -2.03. The highest BCUT2D eigenvalue weighted by atomic mass is 35.5. The molecule has 0 spiro atoms. The first-order chi connectivity index (χ1) is 6.33. The average molecular weight is 212 g/mol. The van der Waals surface area contributed by atoms with Crippen LogP contribution in [0, 0.1) is 0 Å². The molecule has 0 radical (unpaired) electrons. The van der Waals surface area contributed by atoms with Gasteiger partial charge in [-0.1, -0.05) is 17.7 Å². The minimum atomic E-state index is 0.851. The normalized spacial score (nSPS) is 10.9. The highest BCUT2D eigenvalue weighted by Crippen LogP contribution is 2.31. The van der Waals surface area contributed by atoms with Crippen LogP contribution in [0.1, 0.15) is 5.56 Å². The molecule has 0 aliphatic heterocycles. The summed E-state index contributed by atoms with van der Waals surface area (Å²) in [4.78, 5) is 0. The molecule has 2 aromatic rings. The van der Waals surface area contributed by atoms with E-state index in [-0.39, 0.29) is 0 Å². The van der Waals surface area contributed by atoms with Crippen molar-refractivity contribution in [1.29, 1.82) is 0 Å². The van der Waals surface area contributed by atoms with Gasteiger partial charge in [-0.2, -0.15) is 0 Å². The van der Waals surface area contributed by atoms with E-state index < -0.39 is 0 Å². The number of rotatable bonds is 2. The number of hydrogen-bond acceptors (Lipinski definition) is 2. The van der Waals surface area contributed by atoms with Gasteiger partial charge in [-0.3, -0.25) is 0 Å². The minimum Gasteiger partial charge on any atom is -0.316 e. The predicted octanol–water partition coefficient (Wildman–Crippen LogP) is 3.27. The molecule has 0 bridgehead atoms. The van der Waals surface area contributed by atoms with Gasteiger partial charge in [-0.15, -0.1) is 11.3 Å². The molecular formula is C10H10ClNS. The lowest BCUT2D eigenvalue weighted by Gasteiger charge is -1.99. The molecule has 1 aromatic carbocycles. The van der Waals surface area contributed by atoms with Crippen molar-refractivity contribution in [2.45, 2.75) is 6.54 Å². The second-order valence-corrected chi connectivity index (χ2v) is 4.22. The monoisotopic (exact) mass is 211 g/mol. The largest absolute Gasteiger partial charge is 0.316 e. The highest BCUT2D eigenvalue weighted by Gasteiger charge is 2.05. The molecule has 3 heteroatoms. The van der Waals surface area contributed by atoms with Crippen LogP contribution in [0.3, 0.4) is 0 Å². The molecule has 2 rings (SSSR count). The molecule has 0 atom stereocenters. The Bertz CT molecular complexity index is 422. The molecule has 0 aliphatic rings. The maximum atomic E-state index is 6.12. The molecular weight excluding hydrogens is 202 g/mol. The van der Waals surface area contributed by atoms with Crippen molar-refractivity contribution < 1.29 is 0 Å². The molecule has 0 fully saturated rings. The summed E-state index contributed by atoms with van der Waals surface area (Å²) in [7, 11) is 1.94. The molecule has 0 saturated carbocycles. The van der Waals surface area contributed by atoms with E-state index in [9.17, 15) is 0 Å². The Morgan fingerprint density at radius 3 is 3.08 bits per heavy atom. The fraction of sp³-hybridized carbons (Fsp3) is 0.200. The zero-order valence-corrected chi connectivity index (χ0v) is 8.88. The third-order valence-electron chi connectivity index (χ3n) is 1.99. The van der Waals surface area contributed by atoms with Gasteiger partial charge in [0, 0.05) is 21.7 Å². The topological polar surface area (TPSA) is 12.0 Å². The van der Waals surface area contributed by atoms with Crippen molar-refractivity contribution >= 4 is 33.0 Å². The zero-order valence-electron chi connectivity index (χ0n) is 7.30. The third kappa shape index (κ3) is 1.57. The van der Waals surface area contributed by atoms with E-state index in [0.29, 0.717) is 0 Å². The van der Waals surface area contributed by atoms with Gasteiger partial charge in [-0.05, 0) is 30.1 Å². The van der Waals surface area contributed by atoms with E-state index in [1.54, 1.807) is 11.3 Å². The quantitative estimate of drug-likeness (QED) is 0.804. The Labute approximate surface area is 86.3 Å². The van der Waals surface area contributed by atoms with E-state index in [1.807, 2.05) is 19.2 Å². The van der Waals surface area contributed by atoms with Gasteiger partial charge in [0.1, 0.15) is 0 Å². The molecule has 0 unspecified atom stereocenters. The Morgan fingerprint density at radius 1 is 1.46 bits per heavy atom. The van der Waals surface area contributed by atoms with Crippen molar-refractivity contribution in [2.24, 2.45) is 0 Å². The van der Waals surface area contributed by atoms with Crippen LogP contribution in [0.15, 0.2) is 23.6 Å². The van der Waals surface area contributed by atoms with Gasteiger partial charge < -0.3 is 5.32 Å². The van der Waals surface area contributed by atoms with E-state index in [2.05, 4.69) is 16.8 Å². The molecule has 1 heterocycles. The first-order valence-corrected chi connectivity index (χ1v) is 5.38. The fourth-order valence-electron chi connectivity index (χ4n) is 1.43. The van der Waals surface area contributed by atoms with Gasteiger partial charge in [0.15, 0.2) is 0 Å². The second kappa shape index (κ2) is 3.66. The summed E-state index contributed by atoms with van der Waals surface area (Å²) in [6.45, 7) is 0.879. The molecule has 1 nitrogen and oxygen atoms in total. The zero-order chi connectivity index (χ0) is 9.26. The SMILES string of the molecule is CNCc1csc2cccc(Cl)c12. The number of halogens is 1. The first-order valence-electron chi connectivity index (χ1n) is 4.12. The van der Waals surface area contributed by atoms with Crippen molar-refractivity contribution in [3.05, 3.63) is 34.2 Å². The molecule has 0 saturated heterocycles. The standard InChI is InChI=1S/C10H10ClNS/c1-12-5-7-6-13-9-4-2-3-8(11)10(7)9/h2-4,6,12H,5H2,1H3. The van der Waals surface area contributed by atoms with Gasteiger partial charge in [0.25, 0.3) is 0 Å². The molecule has 1 N–H and O–H groups in total. The Kier molecular flexibility index (Phi) is 2.54. The molecule has 0 amide bonds. The van der Waals surface area contributed by atoms with E-state index >= 15 is 0 Å². The predicted molar refractivity (Wildman–Crippen MR) is 59.6 cm³/mol. The van der Waals surface area contributed by atoms with Crippen molar-refractivity contribution in [3.8, 4) is 0 Å². The smallest absolute Gasteiger partial charge is 0.0496 e. The fourth-order valence-corrected chi connectivity index (χ4v) is 2.77. The summed E-state index contributed by atoms with van der Waals surface area (Å²) >= 11 is 7.86. The van der Waals surface area contributed by atoms with Crippen molar-refractivity contribution in [1.82, 2.24) is 5.32 Å². The maximum absolute atomic E-state index is 6.12. The second-order valence-electron chi connectivity index (χ2n) is 2.90. The lowest BCUT2D eigenvalue weighted by atomic mass is 10.2. The summed E-state index contributed by atoms with van der Waals surface area (Å²) < 4.78 is 1.26. The van der Waals surface area contributed by atoms with Crippen molar-refractivity contribution in [3.63, 3.8) is 0 Å². The van der Waals surface area contributed by atoms with E-state index in [0.717, 1.165) is 11.6 Å². The number of benzene rings is 1. The van der Waals surface area contributed by atoms with Gasteiger partial charge >= 0.3 is 0 Å². The first kappa shape index (κ1) is 9.00. The number of thiophene rings is 1. The number of nitrogens with one attached hydrogen (secondary N) is 1. The van der Waals surface area contributed by atoms with Crippen LogP contribution in [0.25, 0.3) is 10.1 Å². The average Bonchev–Trinajstić information content (AvgIpc) is 2.51. The van der Waals surface area contributed by atoms with Gasteiger partial charge in [0.2, 0.25) is 0 Å². The van der Waals surface area contributed by atoms with Crippen LogP contribution in [0.4, 0.5) is 0 Å². The van der Waals surface area contributed by atoms with Crippen molar-refractivity contribution in [2.75, 3.05) is 7.05 Å². The summed E-state index contributed by atoms with van der Waals surface area (Å²) in [5, 5.41) is 7.35. The molecule has 13 heavy (non-hydrogen) atoms. The van der Waals surface area contributed by atoms with E-state index in [4.69, 9.17) is 11.6 Å². The summed E-state index contributed by atoms with van der Waals surface area (Å²) in [5.41, 5.74) is 1.29. The number of fused-ring (bicyclic) bond motifs is 1. The van der Waals surface area contributed by atoms with Gasteiger partial charge in [0.05, 0.1) is 0 Å². The van der Waals surface area contributed by atoms with Gasteiger partial charge in [-0.25, -0.2) is 0 Å². The van der Waals surface area contributed by atoms with Crippen LogP contribution < -0.4 is 5.32 Å². The summed E-state index contributed by atoms with van der Waals surface area (Å²) in [6, 6.07) is 6.03. The Morgan fingerprint density at radius 2 is 2.31 bits per heavy atom. The number of hydrogen-bond donors (Lipinski definition) is 1. The minimum absolute atomic E-state index is 0.851. The molecule has 68 valence electrons. The summed E-state index contributed by atoms with van der Waals surface area (Å²) in [6.07, 6.45) is 0. The van der Waals surface area contributed by atoms with Crippen LogP contribution in [-0.4, -0.2) is 7.05 Å². The highest BCUT2D eigenvalue weighted by molar-refractivity contribution is 7.17. The maximum Gasteiger partial charge on any atom is 0.0496 e. The molecule has 1 aromatic heterocycles. The van der Waals surface area contributed by atoms with E-state index in [1.165, 1.54) is 15.6 Å². The molecule has 0 aliphatic carbocycles. The van der Waals surface area contributed by atoms with Crippen LogP contribution in [0.2, 0.25) is 5.02 Å². The lowest BCUT2D eigenvalue weighted by molar-refractivity contribution is 0.826. The summed E-state index contributed by atoms with van der Waals surface area (Å²) in [5.74, 6) is 0. The Balaban J connectivity index is 2.64. The van der Waals surface area contributed by atoms with Crippen LogP contribution >= 0.6 is 22.9 Å².